The van der Waals surface area contributed by atoms with Gasteiger partial charge in [-0.05, 0) is 6.92 Å². The first-order valence-electron chi connectivity index (χ1n) is 4.69. The normalized spacial score (nSPS) is 12.0. The Hall–Kier alpha value is -1.42. The summed E-state index contributed by atoms with van der Waals surface area (Å²) < 4.78 is 15.5. The van der Waals surface area contributed by atoms with Crippen molar-refractivity contribution in [3.63, 3.8) is 0 Å². The summed E-state index contributed by atoms with van der Waals surface area (Å²) in [6, 6.07) is 5.24. The summed E-state index contributed by atoms with van der Waals surface area (Å²) in [6.45, 7) is 1.91. The van der Waals surface area contributed by atoms with Crippen LogP contribution in [0.2, 0.25) is 0 Å². The second-order valence-corrected chi connectivity index (χ2v) is 3.21. The van der Waals surface area contributed by atoms with Gasteiger partial charge in [-0.1, -0.05) is 0 Å². The highest BCUT2D eigenvalue weighted by molar-refractivity contribution is 5.41. The van der Waals surface area contributed by atoms with Crippen LogP contribution >= 0.6 is 0 Å². The van der Waals surface area contributed by atoms with Crippen LogP contribution in [-0.2, 0) is 0 Å². The van der Waals surface area contributed by atoms with Crippen molar-refractivity contribution >= 4 is 0 Å². The molecule has 1 N–H and O–H groups in total. The molecule has 84 valence electrons. The summed E-state index contributed by atoms with van der Waals surface area (Å²) in [4.78, 5) is 0. The molecule has 0 saturated heterocycles. The summed E-state index contributed by atoms with van der Waals surface area (Å²) >= 11 is 0. The lowest BCUT2D eigenvalue weighted by molar-refractivity contribution is 0.122. The van der Waals surface area contributed by atoms with E-state index in [1.165, 1.54) is 0 Å². The predicted octanol–water partition coefficient (Wildman–Crippen LogP) is 1.46. The van der Waals surface area contributed by atoms with E-state index in [2.05, 4.69) is 0 Å². The molecule has 0 aliphatic rings. The molecule has 1 aromatic carbocycles. The molecular weight excluding hydrogens is 196 g/mol. The van der Waals surface area contributed by atoms with Gasteiger partial charge in [-0.2, -0.15) is 0 Å². The lowest BCUT2D eigenvalue weighted by Gasteiger charge is -2.11. The summed E-state index contributed by atoms with van der Waals surface area (Å²) in [7, 11) is 3.15. The Balaban J connectivity index is 2.77. The van der Waals surface area contributed by atoms with Gasteiger partial charge in [0.05, 0.1) is 20.3 Å². The van der Waals surface area contributed by atoms with Crippen molar-refractivity contribution in [3.8, 4) is 17.2 Å². The molecular formula is C11H16O4. The first-order chi connectivity index (χ1) is 7.15. The number of rotatable bonds is 5. The predicted molar refractivity (Wildman–Crippen MR) is 56.7 cm³/mol. The Morgan fingerprint density at radius 3 is 1.93 bits per heavy atom. The maximum absolute atomic E-state index is 9.08. The molecule has 0 heterocycles. The van der Waals surface area contributed by atoms with E-state index in [4.69, 9.17) is 19.3 Å². The highest BCUT2D eigenvalue weighted by Gasteiger charge is 2.03. The highest BCUT2D eigenvalue weighted by Crippen LogP contribution is 2.27. The number of hydrogen-bond donors (Lipinski definition) is 1. The Kier molecular flexibility index (Phi) is 4.24. The third kappa shape index (κ3) is 3.67. The number of aliphatic hydroxyl groups is 1. The molecule has 15 heavy (non-hydrogen) atoms. The number of benzene rings is 1. The Bertz CT molecular complexity index is 287. The highest BCUT2D eigenvalue weighted by atomic mass is 16.5. The van der Waals surface area contributed by atoms with Gasteiger partial charge in [0.15, 0.2) is 0 Å². The van der Waals surface area contributed by atoms with Crippen LogP contribution in [0.3, 0.4) is 0 Å². The molecule has 0 aliphatic carbocycles. The second kappa shape index (κ2) is 5.46. The number of ether oxygens (including phenoxy) is 3. The molecule has 1 aromatic rings. The lowest BCUT2D eigenvalue weighted by Crippen LogP contribution is -2.12. The average molecular weight is 212 g/mol. The van der Waals surface area contributed by atoms with E-state index < -0.39 is 6.10 Å². The lowest BCUT2D eigenvalue weighted by atomic mass is 10.3. The van der Waals surface area contributed by atoms with Crippen molar-refractivity contribution in [1.29, 1.82) is 0 Å². The van der Waals surface area contributed by atoms with Crippen LogP contribution in [0.1, 0.15) is 6.92 Å². The number of methoxy groups -OCH3 is 2. The van der Waals surface area contributed by atoms with Crippen LogP contribution in [0.5, 0.6) is 17.2 Å². The van der Waals surface area contributed by atoms with Gasteiger partial charge in [0.25, 0.3) is 0 Å². The maximum atomic E-state index is 9.08. The molecule has 0 saturated carbocycles. The van der Waals surface area contributed by atoms with E-state index in [1.54, 1.807) is 39.3 Å². The van der Waals surface area contributed by atoms with E-state index in [-0.39, 0.29) is 6.61 Å². The van der Waals surface area contributed by atoms with Crippen LogP contribution in [0.15, 0.2) is 18.2 Å². The van der Waals surface area contributed by atoms with E-state index in [9.17, 15) is 0 Å². The van der Waals surface area contributed by atoms with Gasteiger partial charge in [0.1, 0.15) is 23.9 Å². The molecule has 0 radical (unpaired) electrons. The zero-order valence-electron chi connectivity index (χ0n) is 9.19. The van der Waals surface area contributed by atoms with Gasteiger partial charge >= 0.3 is 0 Å². The first kappa shape index (κ1) is 11.7. The van der Waals surface area contributed by atoms with Crippen molar-refractivity contribution in [1.82, 2.24) is 0 Å². The molecule has 1 unspecified atom stereocenters. The van der Waals surface area contributed by atoms with Gasteiger partial charge < -0.3 is 19.3 Å². The topological polar surface area (TPSA) is 47.9 Å². The Morgan fingerprint density at radius 1 is 1.07 bits per heavy atom. The van der Waals surface area contributed by atoms with Crippen LogP contribution < -0.4 is 14.2 Å². The Labute approximate surface area is 89.4 Å². The third-order valence-electron chi connectivity index (χ3n) is 1.82. The fraction of sp³-hybridized carbons (Fsp3) is 0.455. The monoisotopic (exact) mass is 212 g/mol. The molecule has 4 heteroatoms. The van der Waals surface area contributed by atoms with Crippen molar-refractivity contribution in [2.75, 3.05) is 20.8 Å². The van der Waals surface area contributed by atoms with Crippen molar-refractivity contribution < 1.29 is 19.3 Å². The largest absolute Gasteiger partial charge is 0.496 e. The first-order valence-corrected chi connectivity index (χ1v) is 4.69. The van der Waals surface area contributed by atoms with Crippen LogP contribution in [-0.4, -0.2) is 32.0 Å². The molecule has 1 atom stereocenters. The minimum absolute atomic E-state index is 0.246. The summed E-state index contributed by atoms with van der Waals surface area (Å²) in [5.74, 6) is 1.94. The molecule has 0 aliphatic heterocycles. The van der Waals surface area contributed by atoms with Gasteiger partial charge in [-0.15, -0.1) is 0 Å². The standard InChI is InChI=1S/C11H16O4/c1-8(12)7-15-11-5-9(13-2)4-10(6-11)14-3/h4-6,8,12H,7H2,1-3H3. The molecule has 0 bridgehead atoms. The number of aliphatic hydroxyl groups excluding tert-OH is 1. The van der Waals surface area contributed by atoms with Gasteiger partial charge in [0.2, 0.25) is 0 Å². The van der Waals surface area contributed by atoms with E-state index in [0.717, 1.165) is 0 Å². The molecule has 1 rings (SSSR count). The smallest absolute Gasteiger partial charge is 0.126 e. The zero-order chi connectivity index (χ0) is 11.3. The molecule has 0 amide bonds. The van der Waals surface area contributed by atoms with E-state index in [1.807, 2.05) is 0 Å². The summed E-state index contributed by atoms with van der Waals surface area (Å²) in [6.07, 6.45) is -0.498. The van der Waals surface area contributed by atoms with Gasteiger partial charge in [0, 0.05) is 18.2 Å². The van der Waals surface area contributed by atoms with Crippen molar-refractivity contribution in [3.05, 3.63) is 18.2 Å². The quantitative estimate of drug-likeness (QED) is 0.802. The van der Waals surface area contributed by atoms with Crippen molar-refractivity contribution in [2.24, 2.45) is 0 Å². The van der Waals surface area contributed by atoms with E-state index in [0.29, 0.717) is 17.2 Å². The van der Waals surface area contributed by atoms with Crippen LogP contribution in [0, 0.1) is 0 Å². The SMILES string of the molecule is COc1cc(OC)cc(OCC(C)O)c1. The average Bonchev–Trinajstić information content (AvgIpc) is 2.25. The minimum Gasteiger partial charge on any atom is -0.496 e. The van der Waals surface area contributed by atoms with E-state index >= 15 is 0 Å². The molecule has 4 nitrogen and oxygen atoms in total. The molecule has 0 aromatic heterocycles. The number of hydrogen-bond acceptors (Lipinski definition) is 4. The van der Waals surface area contributed by atoms with Crippen LogP contribution in [0.4, 0.5) is 0 Å². The second-order valence-electron chi connectivity index (χ2n) is 3.21. The minimum atomic E-state index is -0.498. The Morgan fingerprint density at radius 2 is 1.53 bits per heavy atom. The van der Waals surface area contributed by atoms with Gasteiger partial charge in [-0.25, -0.2) is 0 Å². The summed E-state index contributed by atoms with van der Waals surface area (Å²) in [5.41, 5.74) is 0. The molecule has 0 spiro atoms. The zero-order valence-corrected chi connectivity index (χ0v) is 9.19. The van der Waals surface area contributed by atoms with Crippen molar-refractivity contribution in [2.45, 2.75) is 13.0 Å². The maximum Gasteiger partial charge on any atom is 0.126 e. The molecule has 0 fully saturated rings. The van der Waals surface area contributed by atoms with Gasteiger partial charge in [-0.3, -0.25) is 0 Å². The van der Waals surface area contributed by atoms with Crippen LogP contribution in [0.25, 0.3) is 0 Å². The third-order valence-corrected chi connectivity index (χ3v) is 1.82. The fourth-order valence-electron chi connectivity index (χ4n) is 1.08. The summed E-state index contributed by atoms with van der Waals surface area (Å²) in [5, 5.41) is 9.08. The fourth-order valence-corrected chi connectivity index (χ4v) is 1.08.